The zero-order valence-electron chi connectivity index (χ0n) is 8.38. The van der Waals surface area contributed by atoms with Crippen molar-refractivity contribution in [1.82, 2.24) is 10.6 Å². The number of hydrogen-bond donors (Lipinski definition) is 3. The largest absolute Gasteiger partial charge is 0.354 e. The van der Waals surface area contributed by atoms with Crippen LogP contribution in [-0.4, -0.2) is 30.4 Å². The van der Waals surface area contributed by atoms with E-state index < -0.39 is 0 Å². The number of carbonyl (C=O) groups excluding carboxylic acids is 2. The number of piperidine rings is 1. The summed E-state index contributed by atoms with van der Waals surface area (Å²) < 4.78 is 0. The van der Waals surface area contributed by atoms with Gasteiger partial charge in [0, 0.05) is 19.0 Å². The summed E-state index contributed by atoms with van der Waals surface area (Å²) in [5.74, 6) is -0.240. The molecule has 1 aliphatic rings. The molecule has 14 heavy (non-hydrogen) atoms. The molecule has 0 radical (unpaired) electrons. The standard InChI is InChI=1S/C9H17N3O2/c1-6(10)5-8(13)12-7-3-2-4-11-9(7)14/h6-7H,2-5,10H2,1H3,(H,11,14)(H,12,13). The molecule has 0 spiro atoms. The molecule has 2 atom stereocenters. The van der Waals surface area contributed by atoms with Gasteiger partial charge in [0.15, 0.2) is 0 Å². The van der Waals surface area contributed by atoms with E-state index in [-0.39, 0.29) is 30.3 Å². The van der Waals surface area contributed by atoms with Gasteiger partial charge in [0.2, 0.25) is 11.8 Å². The van der Waals surface area contributed by atoms with Crippen molar-refractivity contribution in [2.45, 2.75) is 38.3 Å². The molecule has 1 fully saturated rings. The molecule has 5 heteroatoms. The van der Waals surface area contributed by atoms with Crippen molar-refractivity contribution in [3.63, 3.8) is 0 Å². The first-order valence-electron chi connectivity index (χ1n) is 4.92. The summed E-state index contributed by atoms with van der Waals surface area (Å²) in [5.41, 5.74) is 5.47. The van der Waals surface area contributed by atoms with Crippen LogP contribution in [0.1, 0.15) is 26.2 Å². The lowest BCUT2D eigenvalue weighted by molar-refractivity contribution is -0.130. The summed E-state index contributed by atoms with van der Waals surface area (Å²) in [6.07, 6.45) is 1.90. The van der Waals surface area contributed by atoms with Gasteiger partial charge in [-0.25, -0.2) is 0 Å². The molecule has 0 bridgehead atoms. The van der Waals surface area contributed by atoms with E-state index in [0.717, 1.165) is 12.8 Å². The third kappa shape index (κ3) is 3.33. The van der Waals surface area contributed by atoms with Crippen molar-refractivity contribution >= 4 is 11.8 Å². The molecule has 1 rings (SSSR count). The maximum atomic E-state index is 11.3. The van der Waals surface area contributed by atoms with Crippen LogP contribution in [0, 0.1) is 0 Å². The highest BCUT2D eigenvalue weighted by Gasteiger charge is 2.23. The van der Waals surface area contributed by atoms with Crippen LogP contribution in [0.2, 0.25) is 0 Å². The fourth-order valence-corrected chi connectivity index (χ4v) is 1.46. The highest BCUT2D eigenvalue weighted by Crippen LogP contribution is 2.03. The van der Waals surface area contributed by atoms with E-state index in [9.17, 15) is 9.59 Å². The first-order valence-corrected chi connectivity index (χ1v) is 4.92. The second kappa shape index (κ2) is 4.95. The van der Waals surface area contributed by atoms with Crippen molar-refractivity contribution < 1.29 is 9.59 Å². The van der Waals surface area contributed by atoms with E-state index in [1.807, 2.05) is 0 Å². The van der Waals surface area contributed by atoms with Gasteiger partial charge in [-0.05, 0) is 19.8 Å². The minimum atomic E-state index is -0.366. The maximum absolute atomic E-state index is 11.3. The highest BCUT2D eigenvalue weighted by molar-refractivity contribution is 5.88. The molecule has 4 N–H and O–H groups in total. The summed E-state index contributed by atoms with van der Waals surface area (Å²) >= 11 is 0. The van der Waals surface area contributed by atoms with Crippen molar-refractivity contribution in [3.8, 4) is 0 Å². The van der Waals surface area contributed by atoms with Crippen molar-refractivity contribution in [2.24, 2.45) is 5.73 Å². The summed E-state index contributed by atoms with van der Waals surface area (Å²) in [7, 11) is 0. The summed E-state index contributed by atoms with van der Waals surface area (Å²) in [4.78, 5) is 22.6. The minimum Gasteiger partial charge on any atom is -0.354 e. The molecule has 0 aromatic carbocycles. The highest BCUT2D eigenvalue weighted by atomic mass is 16.2. The molecule has 0 aromatic rings. The smallest absolute Gasteiger partial charge is 0.242 e. The van der Waals surface area contributed by atoms with Gasteiger partial charge in [-0.3, -0.25) is 9.59 Å². The topological polar surface area (TPSA) is 84.2 Å². The van der Waals surface area contributed by atoms with Gasteiger partial charge in [-0.1, -0.05) is 0 Å². The van der Waals surface area contributed by atoms with Crippen LogP contribution in [0.15, 0.2) is 0 Å². The Balaban J connectivity index is 2.34. The third-order valence-corrected chi connectivity index (χ3v) is 2.13. The molecule has 2 amide bonds. The molecule has 1 saturated heterocycles. The summed E-state index contributed by atoms with van der Waals surface area (Å²) in [5, 5.41) is 5.37. The van der Waals surface area contributed by atoms with E-state index >= 15 is 0 Å². The predicted octanol–water partition coefficient (Wildman–Crippen LogP) is -0.881. The van der Waals surface area contributed by atoms with Crippen LogP contribution in [0.4, 0.5) is 0 Å². The number of nitrogens with two attached hydrogens (primary N) is 1. The van der Waals surface area contributed by atoms with Gasteiger partial charge < -0.3 is 16.4 Å². The lowest BCUT2D eigenvalue weighted by Crippen LogP contribution is -2.50. The van der Waals surface area contributed by atoms with Crippen molar-refractivity contribution in [3.05, 3.63) is 0 Å². The second-order valence-corrected chi connectivity index (χ2v) is 3.73. The minimum absolute atomic E-state index is 0.0886. The van der Waals surface area contributed by atoms with Crippen LogP contribution < -0.4 is 16.4 Å². The Hall–Kier alpha value is -1.10. The van der Waals surface area contributed by atoms with Gasteiger partial charge in [-0.2, -0.15) is 0 Å². The molecule has 1 heterocycles. The monoisotopic (exact) mass is 199 g/mol. The van der Waals surface area contributed by atoms with Crippen LogP contribution >= 0.6 is 0 Å². The summed E-state index contributed by atoms with van der Waals surface area (Å²) in [6, 6.07) is -0.531. The van der Waals surface area contributed by atoms with Crippen LogP contribution in [0.25, 0.3) is 0 Å². The van der Waals surface area contributed by atoms with E-state index in [2.05, 4.69) is 10.6 Å². The molecule has 0 aromatic heterocycles. The van der Waals surface area contributed by atoms with Gasteiger partial charge in [0.1, 0.15) is 6.04 Å². The Bertz CT molecular complexity index is 228. The molecular formula is C9H17N3O2. The lowest BCUT2D eigenvalue weighted by Gasteiger charge is -2.23. The van der Waals surface area contributed by atoms with Crippen molar-refractivity contribution in [2.75, 3.05) is 6.54 Å². The van der Waals surface area contributed by atoms with Crippen LogP contribution in [0.3, 0.4) is 0 Å². The van der Waals surface area contributed by atoms with Gasteiger partial charge in [0.25, 0.3) is 0 Å². The van der Waals surface area contributed by atoms with Gasteiger partial charge in [-0.15, -0.1) is 0 Å². The molecule has 1 aliphatic heterocycles. The molecule has 0 aliphatic carbocycles. The zero-order chi connectivity index (χ0) is 10.6. The normalized spacial score (nSPS) is 23.9. The predicted molar refractivity (Wildman–Crippen MR) is 52.4 cm³/mol. The Morgan fingerprint density at radius 3 is 3.07 bits per heavy atom. The Morgan fingerprint density at radius 1 is 1.79 bits per heavy atom. The van der Waals surface area contributed by atoms with Crippen molar-refractivity contribution in [1.29, 1.82) is 0 Å². The average molecular weight is 199 g/mol. The third-order valence-electron chi connectivity index (χ3n) is 2.13. The Labute approximate surface area is 83.4 Å². The number of hydrogen-bond acceptors (Lipinski definition) is 3. The Kier molecular flexibility index (Phi) is 3.88. The van der Waals surface area contributed by atoms with Gasteiger partial charge >= 0.3 is 0 Å². The number of carbonyl (C=O) groups is 2. The van der Waals surface area contributed by atoms with E-state index in [0.29, 0.717) is 6.54 Å². The quantitative estimate of drug-likeness (QED) is 0.552. The molecular weight excluding hydrogens is 182 g/mol. The number of rotatable bonds is 3. The maximum Gasteiger partial charge on any atom is 0.242 e. The van der Waals surface area contributed by atoms with E-state index in [1.54, 1.807) is 6.92 Å². The second-order valence-electron chi connectivity index (χ2n) is 3.73. The molecule has 80 valence electrons. The van der Waals surface area contributed by atoms with E-state index in [4.69, 9.17) is 5.73 Å². The fraction of sp³-hybridized carbons (Fsp3) is 0.778. The first kappa shape index (κ1) is 11.0. The zero-order valence-corrected chi connectivity index (χ0v) is 8.38. The Morgan fingerprint density at radius 2 is 2.50 bits per heavy atom. The fourth-order valence-electron chi connectivity index (χ4n) is 1.46. The van der Waals surface area contributed by atoms with Crippen LogP contribution in [-0.2, 0) is 9.59 Å². The molecule has 2 unspecified atom stereocenters. The first-order chi connectivity index (χ1) is 6.59. The van der Waals surface area contributed by atoms with E-state index in [1.165, 1.54) is 0 Å². The number of nitrogens with one attached hydrogen (secondary N) is 2. The average Bonchev–Trinajstić information content (AvgIpc) is 2.07. The summed E-state index contributed by atoms with van der Waals surface area (Å²) in [6.45, 7) is 2.47. The SMILES string of the molecule is CC(N)CC(=O)NC1CCCNC1=O. The van der Waals surface area contributed by atoms with Crippen LogP contribution in [0.5, 0.6) is 0 Å². The molecule has 0 saturated carbocycles. The molecule has 5 nitrogen and oxygen atoms in total. The lowest BCUT2D eigenvalue weighted by atomic mass is 10.1. The van der Waals surface area contributed by atoms with Gasteiger partial charge in [0.05, 0.1) is 0 Å². The number of amides is 2.